The molecule has 2 aliphatic rings. The van der Waals surface area contributed by atoms with E-state index in [4.69, 9.17) is 15.1 Å². The summed E-state index contributed by atoms with van der Waals surface area (Å²) < 4.78 is 6.91. The van der Waals surface area contributed by atoms with Crippen molar-refractivity contribution in [3.8, 4) is 0 Å². The van der Waals surface area contributed by atoms with Gasteiger partial charge in [-0.15, -0.1) is 0 Å². The Morgan fingerprint density at radius 2 is 1.82 bits per heavy atom. The van der Waals surface area contributed by atoms with Crippen LogP contribution in [-0.4, -0.2) is 51.8 Å². The number of piperazine rings is 1. The van der Waals surface area contributed by atoms with Crippen LogP contribution >= 0.6 is 11.5 Å². The Kier molecular flexibility index (Phi) is 5.65. The van der Waals surface area contributed by atoms with Crippen LogP contribution in [0.2, 0.25) is 0 Å². The minimum Gasteiger partial charge on any atom is -0.369 e. The van der Waals surface area contributed by atoms with Crippen LogP contribution < -0.4 is 15.5 Å². The minimum atomic E-state index is -0.806. The van der Waals surface area contributed by atoms with Crippen LogP contribution in [0, 0.1) is 5.92 Å². The van der Waals surface area contributed by atoms with E-state index in [2.05, 4.69) is 39.7 Å². The second-order valence-electron chi connectivity index (χ2n) is 8.93. The summed E-state index contributed by atoms with van der Waals surface area (Å²) in [6.45, 7) is 3.55. The molecule has 0 radical (unpaired) electrons. The highest BCUT2D eigenvalue weighted by molar-refractivity contribution is 7.09. The fraction of sp³-hybridized carbons (Fsp3) is 0.417. The number of ketones is 1. The molecule has 1 aliphatic carbocycles. The standard InChI is InChI=1S/C24H28N6O2S/c1-28-11-5-8-20(28)29-12-14-30(15-13-29)23-26-22(27-33-23)24(17-6-3-2-4-7-17)10-9-19(31)18(16-24)21(25)32/h2-8,11,18H,9-10,12-16H2,1H3,(H2,25,32). The lowest BCUT2D eigenvalue weighted by molar-refractivity contribution is -0.135. The molecule has 3 aromatic rings. The normalized spacial score (nSPS) is 23.7. The average Bonchev–Trinajstić information content (AvgIpc) is 3.50. The van der Waals surface area contributed by atoms with Crippen LogP contribution in [0.3, 0.4) is 0 Å². The Morgan fingerprint density at radius 3 is 2.48 bits per heavy atom. The summed E-state index contributed by atoms with van der Waals surface area (Å²) in [4.78, 5) is 34.1. The van der Waals surface area contributed by atoms with Crippen LogP contribution in [0.25, 0.3) is 0 Å². The maximum atomic E-state index is 12.4. The molecule has 2 atom stereocenters. The molecule has 9 heteroatoms. The van der Waals surface area contributed by atoms with Gasteiger partial charge in [-0.2, -0.15) is 4.37 Å². The minimum absolute atomic E-state index is 0.0821. The molecule has 2 aromatic heterocycles. The molecule has 0 spiro atoms. The van der Waals surface area contributed by atoms with E-state index >= 15 is 0 Å². The number of hydrogen-bond acceptors (Lipinski definition) is 7. The van der Waals surface area contributed by atoms with Crippen molar-refractivity contribution in [1.29, 1.82) is 0 Å². The summed E-state index contributed by atoms with van der Waals surface area (Å²) in [5.41, 5.74) is 6.05. The Hall–Kier alpha value is -3.20. The first-order valence-corrected chi connectivity index (χ1v) is 12.1. The molecule has 1 aliphatic heterocycles. The molecule has 33 heavy (non-hydrogen) atoms. The van der Waals surface area contributed by atoms with Crippen molar-refractivity contribution in [3.05, 3.63) is 60.0 Å². The van der Waals surface area contributed by atoms with Crippen molar-refractivity contribution in [2.75, 3.05) is 36.0 Å². The van der Waals surface area contributed by atoms with E-state index in [0.717, 1.165) is 36.9 Å². The first-order chi connectivity index (χ1) is 16.0. The van der Waals surface area contributed by atoms with E-state index in [1.807, 2.05) is 30.3 Å². The monoisotopic (exact) mass is 464 g/mol. The number of aryl methyl sites for hydroxylation is 1. The third-order valence-electron chi connectivity index (χ3n) is 7.04. The molecular weight excluding hydrogens is 436 g/mol. The molecule has 1 saturated heterocycles. The number of benzene rings is 1. The number of Topliss-reactive ketones (excluding diaryl/α,β-unsaturated/α-hetero) is 1. The summed E-state index contributed by atoms with van der Waals surface area (Å²) in [5, 5.41) is 0.888. The van der Waals surface area contributed by atoms with Crippen molar-refractivity contribution >= 4 is 34.2 Å². The van der Waals surface area contributed by atoms with Gasteiger partial charge in [0.15, 0.2) is 5.82 Å². The molecule has 2 unspecified atom stereocenters. The number of carbonyl (C=O) groups is 2. The number of hydrogen-bond donors (Lipinski definition) is 1. The molecular formula is C24H28N6O2S. The van der Waals surface area contributed by atoms with Crippen molar-refractivity contribution < 1.29 is 9.59 Å². The number of primary amides is 1. The van der Waals surface area contributed by atoms with Crippen molar-refractivity contribution in [2.24, 2.45) is 18.7 Å². The van der Waals surface area contributed by atoms with E-state index in [1.165, 1.54) is 17.4 Å². The summed E-state index contributed by atoms with van der Waals surface area (Å²) in [6.07, 6.45) is 3.27. The molecule has 1 saturated carbocycles. The second-order valence-corrected chi connectivity index (χ2v) is 9.66. The van der Waals surface area contributed by atoms with Gasteiger partial charge in [-0.3, -0.25) is 9.59 Å². The number of nitrogens with two attached hydrogens (primary N) is 1. The smallest absolute Gasteiger partial charge is 0.228 e. The zero-order valence-electron chi connectivity index (χ0n) is 18.7. The number of amides is 1. The molecule has 3 heterocycles. The molecule has 1 aromatic carbocycles. The number of anilines is 2. The lowest BCUT2D eigenvalue weighted by atomic mass is 9.64. The first-order valence-electron chi connectivity index (χ1n) is 11.3. The van der Waals surface area contributed by atoms with Gasteiger partial charge in [0.05, 0.1) is 11.3 Å². The van der Waals surface area contributed by atoms with E-state index < -0.39 is 17.2 Å². The zero-order valence-corrected chi connectivity index (χ0v) is 19.5. The third-order valence-corrected chi connectivity index (χ3v) is 7.82. The van der Waals surface area contributed by atoms with Crippen LogP contribution in [0.15, 0.2) is 48.7 Å². The van der Waals surface area contributed by atoms with Crippen LogP contribution in [0.4, 0.5) is 10.9 Å². The summed E-state index contributed by atoms with van der Waals surface area (Å²) in [6, 6.07) is 14.2. The third kappa shape index (κ3) is 3.90. The fourth-order valence-electron chi connectivity index (χ4n) is 5.13. The predicted octanol–water partition coefficient (Wildman–Crippen LogP) is 2.34. The van der Waals surface area contributed by atoms with Gasteiger partial charge >= 0.3 is 0 Å². The highest BCUT2D eigenvalue weighted by Crippen LogP contribution is 2.45. The number of carbonyl (C=O) groups excluding carboxylic acids is 2. The molecule has 0 bridgehead atoms. The second kappa shape index (κ2) is 8.62. The maximum Gasteiger partial charge on any atom is 0.228 e. The molecule has 5 rings (SSSR count). The van der Waals surface area contributed by atoms with Crippen molar-refractivity contribution in [3.63, 3.8) is 0 Å². The van der Waals surface area contributed by atoms with Crippen molar-refractivity contribution in [2.45, 2.75) is 24.7 Å². The van der Waals surface area contributed by atoms with Crippen LogP contribution in [0.1, 0.15) is 30.7 Å². The molecule has 1 amide bonds. The van der Waals surface area contributed by atoms with Gasteiger partial charge in [0.2, 0.25) is 11.0 Å². The van der Waals surface area contributed by atoms with Gasteiger partial charge in [0.25, 0.3) is 0 Å². The Morgan fingerprint density at radius 1 is 1.09 bits per heavy atom. The lowest BCUT2D eigenvalue weighted by Crippen LogP contribution is -2.47. The van der Waals surface area contributed by atoms with E-state index in [1.54, 1.807) is 0 Å². The lowest BCUT2D eigenvalue weighted by Gasteiger charge is -2.38. The summed E-state index contributed by atoms with van der Waals surface area (Å²) >= 11 is 1.40. The Bertz CT molecular complexity index is 1150. The molecule has 8 nitrogen and oxygen atoms in total. The Labute approximate surface area is 197 Å². The van der Waals surface area contributed by atoms with Crippen molar-refractivity contribution in [1.82, 2.24) is 13.9 Å². The fourth-order valence-corrected chi connectivity index (χ4v) is 5.94. The molecule has 2 N–H and O–H groups in total. The summed E-state index contributed by atoms with van der Waals surface area (Å²) in [7, 11) is 2.07. The SMILES string of the molecule is Cn1cccc1N1CCN(c2nc(C3(c4ccccc4)CCC(=O)C(C(N)=O)C3)ns2)CC1. The molecule has 172 valence electrons. The maximum absolute atomic E-state index is 12.4. The molecule has 2 fully saturated rings. The highest BCUT2D eigenvalue weighted by atomic mass is 32.1. The highest BCUT2D eigenvalue weighted by Gasteiger charge is 2.47. The predicted molar refractivity (Wildman–Crippen MR) is 129 cm³/mol. The van der Waals surface area contributed by atoms with E-state index in [9.17, 15) is 9.59 Å². The van der Waals surface area contributed by atoms with Gasteiger partial charge in [0.1, 0.15) is 11.6 Å². The van der Waals surface area contributed by atoms with Gasteiger partial charge < -0.3 is 20.1 Å². The average molecular weight is 465 g/mol. The zero-order chi connectivity index (χ0) is 23.0. The number of aromatic nitrogens is 3. The van der Waals surface area contributed by atoms with Gasteiger partial charge in [-0.05, 0) is 30.5 Å². The Balaban J connectivity index is 1.41. The van der Waals surface area contributed by atoms with E-state index in [0.29, 0.717) is 25.1 Å². The van der Waals surface area contributed by atoms with Gasteiger partial charge in [-0.1, -0.05) is 30.3 Å². The quantitative estimate of drug-likeness (QED) is 0.582. The largest absolute Gasteiger partial charge is 0.369 e. The van der Waals surface area contributed by atoms with Crippen LogP contribution in [0.5, 0.6) is 0 Å². The van der Waals surface area contributed by atoms with Crippen LogP contribution in [-0.2, 0) is 22.1 Å². The number of nitrogens with zero attached hydrogens (tertiary/aromatic N) is 5. The number of rotatable bonds is 5. The summed E-state index contributed by atoms with van der Waals surface area (Å²) in [5.74, 6) is 0.464. The topological polar surface area (TPSA) is 97.4 Å². The first kappa shape index (κ1) is 21.6. The van der Waals surface area contributed by atoms with Gasteiger partial charge in [-0.25, -0.2) is 4.98 Å². The van der Waals surface area contributed by atoms with Gasteiger partial charge in [0, 0.05) is 57.4 Å². The van der Waals surface area contributed by atoms with E-state index in [-0.39, 0.29) is 5.78 Å².